The van der Waals surface area contributed by atoms with E-state index >= 15 is 0 Å². The quantitative estimate of drug-likeness (QED) is 0.603. The molecule has 10 heavy (non-hydrogen) atoms. The second kappa shape index (κ2) is 2.89. The highest BCUT2D eigenvalue weighted by molar-refractivity contribution is 4.85. The second-order valence-corrected chi connectivity index (χ2v) is 3.54. The van der Waals surface area contributed by atoms with Gasteiger partial charge in [0.05, 0.1) is 5.60 Å². The zero-order valence-corrected chi connectivity index (χ0v) is 6.64. The SMILES string of the molecule is C[C@](O)(CN)C1CCCC1. The van der Waals surface area contributed by atoms with Gasteiger partial charge in [0.2, 0.25) is 0 Å². The van der Waals surface area contributed by atoms with Crippen molar-refractivity contribution in [2.75, 3.05) is 6.54 Å². The molecule has 2 nitrogen and oxygen atoms in total. The van der Waals surface area contributed by atoms with Gasteiger partial charge in [0.25, 0.3) is 0 Å². The van der Waals surface area contributed by atoms with Crippen LogP contribution in [0.3, 0.4) is 0 Å². The van der Waals surface area contributed by atoms with E-state index in [0.29, 0.717) is 12.5 Å². The molecule has 0 bridgehead atoms. The van der Waals surface area contributed by atoms with Crippen LogP contribution in [0.25, 0.3) is 0 Å². The summed E-state index contributed by atoms with van der Waals surface area (Å²) in [6.45, 7) is 2.25. The number of nitrogens with two attached hydrogens (primary N) is 1. The largest absolute Gasteiger partial charge is 0.389 e. The van der Waals surface area contributed by atoms with Gasteiger partial charge in [0.15, 0.2) is 0 Å². The summed E-state index contributed by atoms with van der Waals surface area (Å²) >= 11 is 0. The van der Waals surface area contributed by atoms with E-state index in [1.54, 1.807) is 0 Å². The van der Waals surface area contributed by atoms with Crippen molar-refractivity contribution in [3.8, 4) is 0 Å². The molecule has 3 N–H and O–H groups in total. The minimum Gasteiger partial charge on any atom is -0.389 e. The molecular formula is C8H17NO. The van der Waals surface area contributed by atoms with Crippen LogP contribution in [0, 0.1) is 5.92 Å². The van der Waals surface area contributed by atoms with E-state index in [1.165, 1.54) is 12.8 Å². The topological polar surface area (TPSA) is 46.2 Å². The zero-order valence-electron chi connectivity index (χ0n) is 6.64. The van der Waals surface area contributed by atoms with E-state index in [9.17, 15) is 5.11 Å². The normalized spacial score (nSPS) is 26.7. The van der Waals surface area contributed by atoms with Crippen LogP contribution in [0.4, 0.5) is 0 Å². The Labute approximate surface area is 62.4 Å². The molecule has 0 radical (unpaired) electrons. The highest BCUT2D eigenvalue weighted by Crippen LogP contribution is 2.33. The van der Waals surface area contributed by atoms with E-state index in [4.69, 9.17) is 5.73 Å². The molecule has 0 saturated heterocycles. The lowest BCUT2D eigenvalue weighted by molar-refractivity contribution is 0.0103. The Morgan fingerprint density at radius 3 is 2.40 bits per heavy atom. The molecular weight excluding hydrogens is 126 g/mol. The van der Waals surface area contributed by atoms with Crippen molar-refractivity contribution in [3.63, 3.8) is 0 Å². The molecule has 0 aromatic rings. The number of hydrogen-bond donors (Lipinski definition) is 2. The fourth-order valence-corrected chi connectivity index (χ4v) is 1.71. The first kappa shape index (κ1) is 8.02. The highest BCUT2D eigenvalue weighted by Gasteiger charge is 2.32. The number of rotatable bonds is 2. The van der Waals surface area contributed by atoms with Gasteiger partial charge in [0, 0.05) is 6.54 Å². The van der Waals surface area contributed by atoms with Gasteiger partial charge >= 0.3 is 0 Å². The summed E-state index contributed by atoms with van der Waals surface area (Å²) in [7, 11) is 0. The molecule has 0 unspecified atom stereocenters. The van der Waals surface area contributed by atoms with Crippen LogP contribution < -0.4 is 5.73 Å². The standard InChI is InChI=1S/C8H17NO/c1-8(10,6-9)7-4-2-3-5-7/h7,10H,2-6,9H2,1H3/t8-/m0/s1. The van der Waals surface area contributed by atoms with Gasteiger partial charge in [-0.25, -0.2) is 0 Å². The predicted octanol–water partition coefficient (Wildman–Crippen LogP) is 0.886. The first-order chi connectivity index (χ1) is 4.67. The molecule has 1 fully saturated rings. The van der Waals surface area contributed by atoms with Gasteiger partial charge < -0.3 is 10.8 Å². The Bertz CT molecular complexity index is 106. The van der Waals surface area contributed by atoms with Gasteiger partial charge in [-0.1, -0.05) is 12.8 Å². The lowest BCUT2D eigenvalue weighted by Crippen LogP contribution is -2.40. The highest BCUT2D eigenvalue weighted by atomic mass is 16.3. The van der Waals surface area contributed by atoms with Crippen LogP contribution in [0.15, 0.2) is 0 Å². The third kappa shape index (κ3) is 1.50. The zero-order chi connectivity index (χ0) is 7.61. The molecule has 1 rings (SSSR count). The average Bonchev–Trinajstić information content (AvgIpc) is 2.38. The lowest BCUT2D eigenvalue weighted by atomic mass is 9.88. The van der Waals surface area contributed by atoms with Crippen LogP contribution in [-0.2, 0) is 0 Å². The molecule has 1 atom stereocenters. The number of hydrogen-bond acceptors (Lipinski definition) is 2. The molecule has 1 aliphatic carbocycles. The van der Waals surface area contributed by atoms with Crippen molar-refractivity contribution in [2.24, 2.45) is 11.7 Å². The van der Waals surface area contributed by atoms with E-state index in [-0.39, 0.29) is 0 Å². The molecule has 0 aliphatic heterocycles. The van der Waals surface area contributed by atoms with Crippen molar-refractivity contribution in [1.82, 2.24) is 0 Å². The molecule has 0 aromatic carbocycles. The monoisotopic (exact) mass is 143 g/mol. The third-order valence-electron chi connectivity index (χ3n) is 2.65. The summed E-state index contributed by atoms with van der Waals surface area (Å²) < 4.78 is 0. The summed E-state index contributed by atoms with van der Waals surface area (Å²) in [6.07, 6.45) is 4.84. The fourth-order valence-electron chi connectivity index (χ4n) is 1.71. The fraction of sp³-hybridized carbons (Fsp3) is 1.00. The van der Waals surface area contributed by atoms with Crippen LogP contribution in [0.5, 0.6) is 0 Å². The van der Waals surface area contributed by atoms with Gasteiger partial charge in [-0.05, 0) is 25.7 Å². The lowest BCUT2D eigenvalue weighted by Gasteiger charge is -2.28. The van der Waals surface area contributed by atoms with E-state index < -0.39 is 5.60 Å². The van der Waals surface area contributed by atoms with E-state index in [0.717, 1.165) is 12.8 Å². The van der Waals surface area contributed by atoms with Crippen molar-refractivity contribution in [3.05, 3.63) is 0 Å². The van der Waals surface area contributed by atoms with Crippen LogP contribution in [-0.4, -0.2) is 17.3 Å². The molecule has 0 heterocycles. The van der Waals surface area contributed by atoms with Crippen LogP contribution in [0.2, 0.25) is 0 Å². The Balaban J connectivity index is 2.45. The molecule has 1 saturated carbocycles. The molecule has 0 spiro atoms. The average molecular weight is 143 g/mol. The smallest absolute Gasteiger partial charge is 0.0769 e. The van der Waals surface area contributed by atoms with Crippen LogP contribution in [0.1, 0.15) is 32.6 Å². The van der Waals surface area contributed by atoms with E-state index in [2.05, 4.69) is 0 Å². The third-order valence-corrected chi connectivity index (χ3v) is 2.65. The summed E-state index contributed by atoms with van der Waals surface area (Å²) in [5, 5.41) is 9.70. The van der Waals surface area contributed by atoms with Gasteiger partial charge in [-0.3, -0.25) is 0 Å². The van der Waals surface area contributed by atoms with Crippen molar-refractivity contribution >= 4 is 0 Å². The van der Waals surface area contributed by atoms with Gasteiger partial charge in [-0.15, -0.1) is 0 Å². The minimum atomic E-state index is -0.601. The Morgan fingerprint density at radius 2 is 2.00 bits per heavy atom. The summed E-state index contributed by atoms with van der Waals surface area (Å²) in [5.74, 6) is 0.456. The maximum Gasteiger partial charge on any atom is 0.0769 e. The molecule has 0 aromatic heterocycles. The molecule has 60 valence electrons. The Morgan fingerprint density at radius 1 is 1.50 bits per heavy atom. The Hall–Kier alpha value is -0.0800. The van der Waals surface area contributed by atoms with E-state index in [1.807, 2.05) is 6.92 Å². The first-order valence-electron chi connectivity index (χ1n) is 4.09. The first-order valence-corrected chi connectivity index (χ1v) is 4.09. The summed E-state index contributed by atoms with van der Waals surface area (Å²) in [6, 6.07) is 0. The minimum absolute atomic E-state index is 0.400. The van der Waals surface area contributed by atoms with Crippen molar-refractivity contribution in [1.29, 1.82) is 0 Å². The maximum atomic E-state index is 9.70. The van der Waals surface area contributed by atoms with Crippen molar-refractivity contribution < 1.29 is 5.11 Å². The summed E-state index contributed by atoms with van der Waals surface area (Å²) in [4.78, 5) is 0. The predicted molar refractivity (Wildman–Crippen MR) is 41.6 cm³/mol. The van der Waals surface area contributed by atoms with Crippen LogP contribution >= 0.6 is 0 Å². The van der Waals surface area contributed by atoms with Crippen molar-refractivity contribution in [2.45, 2.75) is 38.2 Å². The number of aliphatic hydroxyl groups is 1. The van der Waals surface area contributed by atoms with Gasteiger partial charge in [-0.2, -0.15) is 0 Å². The Kier molecular flexibility index (Phi) is 2.32. The maximum absolute atomic E-state index is 9.70. The molecule has 1 aliphatic rings. The summed E-state index contributed by atoms with van der Waals surface area (Å²) in [5.41, 5.74) is 4.84. The second-order valence-electron chi connectivity index (χ2n) is 3.54. The molecule has 0 amide bonds. The van der Waals surface area contributed by atoms with Gasteiger partial charge in [0.1, 0.15) is 0 Å². The molecule has 2 heteroatoms.